The molecule has 214 valence electrons. The minimum absolute atomic E-state index is 0.0122. The number of hydrogen-bond donors (Lipinski definition) is 1. The van der Waals surface area contributed by atoms with E-state index in [2.05, 4.69) is 40.7 Å². The van der Waals surface area contributed by atoms with Crippen LogP contribution >= 0.6 is 0 Å². The number of rotatable bonds is 8. The second-order valence-electron chi connectivity index (χ2n) is 14.6. The van der Waals surface area contributed by atoms with Crippen LogP contribution in [0.4, 0.5) is 5.69 Å². The quantitative estimate of drug-likeness (QED) is 0.204. The molecule has 39 heavy (non-hydrogen) atoms. The van der Waals surface area contributed by atoms with E-state index in [0.29, 0.717) is 16.9 Å². The third-order valence-corrected chi connectivity index (χ3v) is 12.2. The molecule has 0 radical (unpaired) electrons. The van der Waals surface area contributed by atoms with E-state index in [-0.39, 0.29) is 22.6 Å². The zero-order valence-corrected chi connectivity index (χ0v) is 24.7. The molecule has 0 unspecified atom stereocenters. The molecule has 5 nitrogen and oxygen atoms in total. The van der Waals surface area contributed by atoms with Crippen molar-refractivity contribution in [3.05, 3.63) is 51.1 Å². The number of carboxylic acids is 1. The van der Waals surface area contributed by atoms with Crippen LogP contribution in [-0.2, 0) is 0 Å². The molecule has 8 atom stereocenters. The number of nitro groups is 1. The fraction of sp³-hybridized carbons (Fsp3) is 0.735. The summed E-state index contributed by atoms with van der Waals surface area (Å²) in [7, 11) is 0. The largest absolute Gasteiger partial charge is 0.478 e. The van der Waals surface area contributed by atoms with E-state index >= 15 is 0 Å². The van der Waals surface area contributed by atoms with Gasteiger partial charge in [-0.1, -0.05) is 65.5 Å². The van der Waals surface area contributed by atoms with Crippen LogP contribution in [0.15, 0.2) is 29.8 Å². The van der Waals surface area contributed by atoms with E-state index in [1.165, 1.54) is 68.7 Å². The Hall–Kier alpha value is -2.17. The average molecular weight is 536 g/mol. The highest BCUT2D eigenvalue weighted by Crippen LogP contribution is 2.68. The predicted molar refractivity (Wildman–Crippen MR) is 156 cm³/mol. The third-order valence-electron chi connectivity index (χ3n) is 12.2. The van der Waals surface area contributed by atoms with Crippen molar-refractivity contribution in [3.8, 4) is 0 Å². The normalized spacial score (nSPS) is 36.5. The molecule has 0 aliphatic heterocycles. The summed E-state index contributed by atoms with van der Waals surface area (Å²) in [4.78, 5) is 23.0. The summed E-state index contributed by atoms with van der Waals surface area (Å²) in [5, 5.41) is 21.3. The van der Waals surface area contributed by atoms with Crippen LogP contribution in [0.25, 0.3) is 0 Å². The van der Waals surface area contributed by atoms with E-state index in [0.717, 1.165) is 55.3 Å². The van der Waals surface area contributed by atoms with Gasteiger partial charge in [0.05, 0.1) is 10.5 Å². The van der Waals surface area contributed by atoms with Crippen molar-refractivity contribution in [2.75, 3.05) is 0 Å². The van der Waals surface area contributed by atoms with Crippen LogP contribution in [0.3, 0.4) is 0 Å². The molecule has 1 N–H and O–H groups in total. The Balaban J connectivity index is 1.35. The molecule has 0 saturated heterocycles. The Morgan fingerprint density at radius 3 is 2.54 bits per heavy atom. The lowest BCUT2D eigenvalue weighted by Gasteiger charge is -2.58. The van der Waals surface area contributed by atoms with Crippen LogP contribution < -0.4 is 0 Å². The Labute approximate surface area is 235 Å². The first-order chi connectivity index (χ1) is 18.5. The second-order valence-corrected chi connectivity index (χ2v) is 14.6. The standard InChI is InChI=1S/C34H49NO4/c1-21(2)7-6-8-22(3)29-13-14-30-27-11-9-24-19-23(15-17-33(24,4)31(27)16-18-34(29,30)5)28-20-25(35(38)39)10-12-26(28)32(36)37/h9-10,12,20-23,27,29-31H,6-8,11,13-19H2,1-5H3,(H,36,37)/t22-,23+,27+,29-,30+,31+,33+,34-/m1/s1. The van der Waals surface area contributed by atoms with E-state index in [9.17, 15) is 20.0 Å². The Bertz CT molecular complexity index is 1140. The molecule has 3 fully saturated rings. The van der Waals surface area contributed by atoms with Crippen molar-refractivity contribution in [1.29, 1.82) is 0 Å². The van der Waals surface area contributed by atoms with Crippen molar-refractivity contribution in [3.63, 3.8) is 0 Å². The highest BCUT2D eigenvalue weighted by Gasteiger charge is 2.59. The van der Waals surface area contributed by atoms with Crippen molar-refractivity contribution in [1.82, 2.24) is 0 Å². The SMILES string of the molecule is CC(C)CCC[C@@H](C)[C@H]1CC[C@H]2[C@@H]3CC=C4C[C@@H](c5cc([N+](=O)[O-])ccc5C(=O)O)CC[C@]4(C)[C@H]3CC[C@]12C. The maximum atomic E-state index is 12.0. The number of aromatic carboxylic acids is 1. The number of allylic oxidation sites excluding steroid dienone is 2. The molecule has 4 aliphatic rings. The zero-order valence-electron chi connectivity index (χ0n) is 24.7. The van der Waals surface area contributed by atoms with Crippen LogP contribution in [0.1, 0.15) is 127 Å². The first-order valence-corrected chi connectivity index (χ1v) is 15.7. The van der Waals surface area contributed by atoms with Gasteiger partial charge in [0.15, 0.2) is 0 Å². The lowest BCUT2D eigenvalue weighted by molar-refractivity contribution is -0.384. The lowest BCUT2D eigenvalue weighted by atomic mass is 9.46. The summed E-state index contributed by atoms with van der Waals surface area (Å²) in [6.07, 6.45) is 16.0. The third kappa shape index (κ3) is 4.97. The second kappa shape index (κ2) is 10.7. The van der Waals surface area contributed by atoms with Crippen molar-refractivity contribution in [2.24, 2.45) is 46.3 Å². The molecule has 0 spiro atoms. The number of nitrogens with zero attached hydrogens (tertiary/aromatic N) is 1. The van der Waals surface area contributed by atoms with E-state index < -0.39 is 10.9 Å². The Morgan fingerprint density at radius 2 is 1.85 bits per heavy atom. The molecule has 0 amide bonds. The molecule has 0 heterocycles. The van der Waals surface area contributed by atoms with Gasteiger partial charge < -0.3 is 5.11 Å². The number of non-ortho nitro benzene ring substituents is 1. The van der Waals surface area contributed by atoms with Gasteiger partial charge in [-0.05, 0) is 115 Å². The van der Waals surface area contributed by atoms with Crippen LogP contribution in [0, 0.1) is 56.5 Å². The molecule has 0 bridgehead atoms. The van der Waals surface area contributed by atoms with Crippen molar-refractivity contribution < 1.29 is 14.8 Å². The fourth-order valence-electron chi connectivity index (χ4n) is 10.1. The summed E-state index contributed by atoms with van der Waals surface area (Å²) < 4.78 is 0. The first-order valence-electron chi connectivity index (χ1n) is 15.7. The molecule has 1 aromatic rings. The molecule has 3 saturated carbocycles. The van der Waals surface area contributed by atoms with E-state index in [1.807, 2.05) is 0 Å². The van der Waals surface area contributed by atoms with Gasteiger partial charge in [-0.3, -0.25) is 10.1 Å². The average Bonchev–Trinajstić information content (AvgIpc) is 3.24. The molecule has 5 heteroatoms. The number of fused-ring (bicyclic) bond motifs is 5. The number of nitro benzene ring substituents is 1. The number of carbonyl (C=O) groups is 1. The van der Waals surface area contributed by atoms with Gasteiger partial charge in [-0.25, -0.2) is 4.79 Å². The monoisotopic (exact) mass is 535 g/mol. The molecule has 5 rings (SSSR count). The fourth-order valence-corrected chi connectivity index (χ4v) is 10.1. The van der Waals surface area contributed by atoms with Gasteiger partial charge in [0.25, 0.3) is 5.69 Å². The van der Waals surface area contributed by atoms with E-state index in [1.54, 1.807) is 0 Å². The maximum absolute atomic E-state index is 12.0. The van der Waals surface area contributed by atoms with Gasteiger partial charge >= 0.3 is 5.97 Å². The minimum Gasteiger partial charge on any atom is -0.478 e. The van der Waals surface area contributed by atoms with Gasteiger partial charge in [0, 0.05) is 12.1 Å². The lowest BCUT2D eigenvalue weighted by Crippen LogP contribution is -2.50. The summed E-state index contributed by atoms with van der Waals surface area (Å²) in [5.41, 5.74) is 2.98. The van der Waals surface area contributed by atoms with Gasteiger partial charge in [-0.2, -0.15) is 0 Å². The molecular formula is C34H49NO4. The van der Waals surface area contributed by atoms with Crippen molar-refractivity contribution >= 4 is 11.7 Å². The highest BCUT2D eigenvalue weighted by atomic mass is 16.6. The number of hydrogen-bond acceptors (Lipinski definition) is 3. The van der Waals surface area contributed by atoms with E-state index in [4.69, 9.17) is 0 Å². The summed E-state index contributed by atoms with van der Waals surface area (Å²) >= 11 is 0. The smallest absolute Gasteiger partial charge is 0.335 e. The van der Waals surface area contributed by atoms with Crippen molar-refractivity contribution in [2.45, 2.75) is 111 Å². The highest BCUT2D eigenvalue weighted by molar-refractivity contribution is 5.90. The molecule has 0 aromatic heterocycles. The first kappa shape index (κ1) is 28.4. The topological polar surface area (TPSA) is 80.4 Å². The van der Waals surface area contributed by atoms with Crippen LogP contribution in [-0.4, -0.2) is 16.0 Å². The van der Waals surface area contributed by atoms with Crippen LogP contribution in [0.2, 0.25) is 0 Å². The van der Waals surface area contributed by atoms with Gasteiger partial charge in [0.1, 0.15) is 0 Å². The number of carboxylic acid groups (broad SMARTS) is 1. The van der Waals surface area contributed by atoms with Gasteiger partial charge in [0.2, 0.25) is 0 Å². The Morgan fingerprint density at radius 1 is 1.08 bits per heavy atom. The summed E-state index contributed by atoms with van der Waals surface area (Å²) in [5.74, 6) is 3.78. The minimum atomic E-state index is -0.994. The van der Waals surface area contributed by atoms with Gasteiger partial charge in [-0.15, -0.1) is 0 Å². The molecular weight excluding hydrogens is 486 g/mol. The molecule has 4 aliphatic carbocycles. The summed E-state index contributed by atoms with van der Waals surface area (Å²) in [6, 6.07) is 4.27. The molecule has 1 aromatic carbocycles. The number of benzene rings is 1. The van der Waals surface area contributed by atoms with Crippen LogP contribution in [0.5, 0.6) is 0 Å². The summed E-state index contributed by atoms with van der Waals surface area (Å²) in [6.45, 7) is 12.3. The predicted octanol–water partition coefficient (Wildman–Crippen LogP) is 9.42. The zero-order chi connectivity index (χ0) is 28.1. The maximum Gasteiger partial charge on any atom is 0.335 e. The Kier molecular flexibility index (Phi) is 7.76.